The summed E-state index contributed by atoms with van der Waals surface area (Å²) in [5, 5.41) is 2.69. The van der Waals surface area contributed by atoms with E-state index in [0.717, 1.165) is 0 Å². The molecule has 0 spiro atoms. The summed E-state index contributed by atoms with van der Waals surface area (Å²) in [7, 11) is -3.61. The molecule has 0 bridgehead atoms. The third-order valence-corrected chi connectivity index (χ3v) is 4.06. The second kappa shape index (κ2) is 6.13. The molecule has 0 unspecified atom stereocenters. The van der Waals surface area contributed by atoms with Gasteiger partial charge in [0.25, 0.3) is 0 Å². The molecule has 1 amide bonds. The minimum atomic E-state index is -3.61. The van der Waals surface area contributed by atoms with Gasteiger partial charge in [0, 0.05) is 5.54 Å². The molecule has 8 heteroatoms. The first-order valence-electron chi connectivity index (χ1n) is 6.81. The van der Waals surface area contributed by atoms with Crippen molar-refractivity contribution in [1.82, 2.24) is 10.0 Å². The molecule has 0 aliphatic carbocycles. The molecule has 0 aromatic heterocycles. The number of carbonyl (C=O) groups excluding carboxylic acids is 1. The third-order valence-electron chi connectivity index (χ3n) is 2.76. The smallest absolute Gasteiger partial charge is 0.235 e. The fraction of sp³-hybridized carbons (Fsp3) is 0.500. The van der Waals surface area contributed by atoms with Crippen molar-refractivity contribution in [2.75, 3.05) is 13.3 Å². The Labute approximate surface area is 130 Å². The van der Waals surface area contributed by atoms with E-state index in [4.69, 9.17) is 9.47 Å². The van der Waals surface area contributed by atoms with Gasteiger partial charge in [-0.25, -0.2) is 13.1 Å². The van der Waals surface area contributed by atoms with Crippen LogP contribution in [0.3, 0.4) is 0 Å². The van der Waals surface area contributed by atoms with Crippen molar-refractivity contribution in [1.29, 1.82) is 0 Å². The molecule has 1 aromatic rings. The summed E-state index contributed by atoms with van der Waals surface area (Å²) in [6.45, 7) is 5.32. The van der Waals surface area contributed by atoms with Crippen molar-refractivity contribution in [3.63, 3.8) is 0 Å². The van der Waals surface area contributed by atoms with E-state index in [0.29, 0.717) is 17.1 Å². The van der Waals surface area contributed by atoms with E-state index < -0.39 is 15.6 Å². The first-order chi connectivity index (χ1) is 10.1. The monoisotopic (exact) mass is 328 g/mol. The van der Waals surface area contributed by atoms with Crippen LogP contribution in [0.25, 0.3) is 0 Å². The quantitative estimate of drug-likeness (QED) is 0.832. The maximum absolute atomic E-state index is 12.0. The van der Waals surface area contributed by atoms with E-state index in [-0.39, 0.29) is 25.0 Å². The fourth-order valence-corrected chi connectivity index (χ4v) is 3.01. The van der Waals surface area contributed by atoms with Crippen molar-refractivity contribution in [3.8, 4) is 11.5 Å². The number of ether oxygens (including phenoxy) is 2. The molecule has 0 fully saturated rings. The van der Waals surface area contributed by atoms with Crippen LogP contribution < -0.4 is 19.5 Å². The summed E-state index contributed by atoms with van der Waals surface area (Å²) in [6.07, 6.45) is 0. The lowest BCUT2D eigenvalue weighted by Crippen LogP contribution is -2.45. The molecule has 1 aliphatic rings. The summed E-state index contributed by atoms with van der Waals surface area (Å²) in [4.78, 5) is 11.6. The fourth-order valence-electron chi connectivity index (χ4n) is 1.94. The van der Waals surface area contributed by atoms with Crippen LogP contribution in [0.2, 0.25) is 0 Å². The third kappa shape index (κ3) is 4.88. The van der Waals surface area contributed by atoms with Gasteiger partial charge in [-0.05, 0) is 38.5 Å². The first-order valence-corrected chi connectivity index (χ1v) is 8.47. The van der Waals surface area contributed by atoms with Gasteiger partial charge in [-0.3, -0.25) is 4.79 Å². The molecule has 1 heterocycles. The van der Waals surface area contributed by atoms with Crippen molar-refractivity contribution < 1.29 is 22.7 Å². The molecule has 7 nitrogen and oxygen atoms in total. The van der Waals surface area contributed by atoms with Gasteiger partial charge in [0.2, 0.25) is 22.7 Å². The topological polar surface area (TPSA) is 93.7 Å². The Bertz CT molecular complexity index is 664. The molecule has 0 radical (unpaired) electrons. The van der Waals surface area contributed by atoms with Crippen LogP contribution in [-0.4, -0.2) is 33.2 Å². The minimum absolute atomic E-state index is 0.136. The van der Waals surface area contributed by atoms with E-state index in [1.54, 1.807) is 18.2 Å². The lowest BCUT2D eigenvalue weighted by atomic mass is 10.1. The highest BCUT2D eigenvalue weighted by Gasteiger charge is 2.19. The Balaban J connectivity index is 1.92. The van der Waals surface area contributed by atoms with Crippen LogP contribution in [0.1, 0.15) is 26.3 Å². The zero-order chi connectivity index (χ0) is 16.4. The van der Waals surface area contributed by atoms with Crippen molar-refractivity contribution in [2.24, 2.45) is 0 Å². The van der Waals surface area contributed by atoms with Crippen LogP contribution in [-0.2, 0) is 20.6 Å². The molecule has 0 saturated heterocycles. The molecule has 2 rings (SSSR count). The number of benzene rings is 1. The van der Waals surface area contributed by atoms with Crippen molar-refractivity contribution >= 4 is 15.9 Å². The lowest BCUT2D eigenvalue weighted by molar-refractivity contribution is -0.121. The molecule has 22 heavy (non-hydrogen) atoms. The minimum Gasteiger partial charge on any atom is -0.454 e. The largest absolute Gasteiger partial charge is 0.454 e. The van der Waals surface area contributed by atoms with E-state index in [1.165, 1.54) is 0 Å². The number of hydrogen-bond donors (Lipinski definition) is 2. The van der Waals surface area contributed by atoms with E-state index in [1.807, 2.05) is 20.8 Å². The summed E-state index contributed by atoms with van der Waals surface area (Å²) in [5.74, 6) is 0.519. The predicted octanol–water partition coefficient (Wildman–Crippen LogP) is 0.749. The highest BCUT2D eigenvalue weighted by atomic mass is 32.2. The number of carbonyl (C=O) groups is 1. The Morgan fingerprint density at radius 2 is 1.91 bits per heavy atom. The van der Waals surface area contributed by atoms with Crippen LogP contribution in [0.5, 0.6) is 11.5 Å². The van der Waals surface area contributed by atoms with Crippen molar-refractivity contribution in [3.05, 3.63) is 23.8 Å². The number of hydrogen-bond acceptors (Lipinski definition) is 5. The van der Waals surface area contributed by atoms with Gasteiger partial charge in [-0.15, -0.1) is 0 Å². The molecule has 2 N–H and O–H groups in total. The van der Waals surface area contributed by atoms with E-state index in [9.17, 15) is 13.2 Å². The first kappa shape index (κ1) is 16.6. The summed E-state index contributed by atoms with van der Waals surface area (Å²) < 4.78 is 36.7. The standard InChI is InChI=1S/C14H20N2O5S/c1-14(2,3)16-13(17)7-15-22(18,19)8-10-4-5-11-12(6-10)21-9-20-11/h4-6,15H,7-9H2,1-3H3,(H,16,17). The Morgan fingerprint density at radius 1 is 1.23 bits per heavy atom. The Kier molecular flexibility index (Phi) is 4.62. The van der Waals surface area contributed by atoms with Crippen LogP contribution >= 0.6 is 0 Å². The van der Waals surface area contributed by atoms with Gasteiger partial charge in [0.05, 0.1) is 12.3 Å². The maximum atomic E-state index is 12.0. The molecule has 1 aromatic carbocycles. The second-order valence-corrected chi connectivity index (χ2v) is 7.87. The van der Waals surface area contributed by atoms with Crippen molar-refractivity contribution in [2.45, 2.75) is 32.1 Å². The molecule has 0 saturated carbocycles. The number of fused-ring (bicyclic) bond motifs is 1. The lowest BCUT2D eigenvalue weighted by Gasteiger charge is -2.20. The van der Waals surface area contributed by atoms with Gasteiger partial charge in [0.1, 0.15) is 0 Å². The summed E-state index contributed by atoms with van der Waals surface area (Å²) >= 11 is 0. The zero-order valence-electron chi connectivity index (χ0n) is 12.8. The normalized spacial score (nSPS) is 14.0. The van der Waals surface area contributed by atoms with E-state index in [2.05, 4.69) is 10.0 Å². The number of sulfonamides is 1. The SMILES string of the molecule is CC(C)(C)NC(=O)CNS(=O)(=O)Cc1ccc2c(c1)OCO2. The number of nitrogens with one attached hydrogen (secondary N) is 2. The van der Waals surface area contributed by atoms with Gasteiger partial charge in [-0.1, -0.05) is 6.07 Å². The molecular weight excluding hydrogens is 308 g/mol. The Morgan fingerprint density at radius 3 is 2.59 bits per heavy atom. The molecule has 1 aliphatic heterocycles. The van der Waals surface area contributed by atoms with Gasteiger partial charge >= 0.3 is 0 Å². The Hall–Kier alpha value is -1.80. The highest BCUT2D eigenvalue weighted by molar-refractivity contribution is 7.88. The average Bonchev–Trinajstić information content (AvgIpc) is 2.81. The molecular formula is C14H20N2O5S. The molecule has 0 atom stereocenters. The van der Waals surface area contributed by atoms with Gasteiger partial charge < -0.3 is 14.8 Å². The van der Waals surface area contributed by atoms with Crippen LogP contribution in [0.4, 0.5) is 0 Å². The zero-order valence-corrected chi connectivity index (χ0v) is 13.6. The number of amides is 1. The highest BCUT2D eigenvalue weighted by Crippen LogP contribution is 2.32. The summed E-state index contributed by atoms with van der Waals surface area (Å²) in [5.41, 5.74) is 0.160. The second-order valence-electron chi connectivity index (χ2n) is 6.07. The van der Waals surface area contributed by atoms with Gasteiger partial charge in [0.15, 0.2) is 11.5 Å². The van der Waals surface area contributed by atoms with Crippen LogP contribution in [0, 0.1) is 0 Å². The number of rotatable bonds is 5. The average molecular weight is 328 g/mol. The molecule has 122 valence electrons. The van der Waals surface area contributed by atoms with E-state index >= 15 is 0 Å². The van der Waals surface area contributed by atoms with Gasteiger partial charge in [-0.2, -0.15) is 0 Å². The maximum Gasteiger partial charge on any atom is 0.235 e. The van der Waals surface area contributed by atoms with Crippen LogP contribution in [0.15, 0.2) is 18.2 Å². The predicted molar refractivity (Wildman–Crippen MR) is 81.1 cm³/mol. The summed E-state index contributed by atoms with van der Waals surface area (Å²) in [6, 6.07) is 4.94.